The first kappa shape index (κ1) is 18.5. The second-order valence-electron chi connectivity index (χ2n) is 6.81. The van der Waals surface area contributed by atoms with Gasteiger partial charge in [0.25, 0.3) is 0 Å². The molecule has 1 aliphatic rings. The zero-order valence-corrected chi connectivity index (χ0v) is 14.5. The molecule has 2 amide bonds. The summed E-state index contributed by atoms with van der Waals surface area (Å²) >= 11 is 0. The zero-order valence-electron chi connectivity index (χ0n) is 14.5. The molecule has 1 saturated heterocycles. The van der Waals surface area contributed by atoms with Gasteiger partial charge in [-0.15, -0.1) is 0 Å². The van der Waals surface area contributed by atoms with Gasteiger partial charge in [0.05, 0.1) is 6.10 Å². The van der Waals surface area contributed by atoms with Crippen LogP contribution in [0, 0.1) is 17.7 Å². The highest BCUT2D eigenvalue weighted by atomic mass is 19.1. The SMILES string of the molecule is CC(C)C(O)CCNC(=O)NCC1CCN(c2ccc(F)cc2)C1. The fourth-order valence-electron chi connectivity index (χ4n) is 2.85. The number of aliphatic hydroxyl groups is 1. The minimum absolute atomic E-state index is 0.189. The summed E-state index contributed by atoms with van der Waals surface area (Å²) in [5.74, 6) is 0.364. The Morgan fingerprint density at radius 2 is 2.04 bits per heavy atom. The molecule has 2 atom stereocenters. The summed E-state index contributed by atoms with van der Waals surface area (Å²) in [6.45, 7) is 6.78. The van der Waals surface area contributed by atoms with E-state index in [4.69, 9.17) is 0 Å². The summed E-state index contributed by atoms with van der Waals surface area (Å²) in [5.41, 5.74) is 1.02. The molecular weight excluding hydrogens is 309 g/mol. The van der Waals surface area contributed by atoms with Crippen molar-refractivity contribution in [2.75, 3.05) is 31.1 Å². The molecule has 6 heteroatoms. The molecule has 1 aliphatic heterocycles. The van der Waals surface area contributed by atoms with E-state index in [9.17, 15) is 14.3 Å². The third-order valence-electron chi connectivity index (χ3n) is 4.52. The monoisotopic (exact) mass is 337 g/mol. The average Bonchev–Trinajstić information content (AvgIpc) is 3.02. The van der Waals surface area contributed by atoms with Gasteiger partial charge in [-0.05, 0) is 48.9 Å². The highest BCUT2D eigenvalue weighted by Crippen LogP contribution is 2.23. The predicted octanol–water partition coefficient (Wildman–Crippen LogP) is 2.36. The van der Waals surface area contributed by atoms with Crippen LogP contribution >= 0.6 is 0 Å². The largest absolute Gasteiger partial charge is 0.393 e. The summed E-state index contributed by atoms with van der Waals surface area (Å²) < 4.78 is 13.0. The molecule has 1 fully saturated rings. The number of aliphatic hydroxyl groups excluding tert-OH is 1. The minimum atomic E-state index is -0.385. The van der Waals surface area contributed by atoms with Crippen LogP contribution in [-0.4, -0.2) is 43.4 Å². The van der Waals surface area contributed by atoms with E-state index in [2.05, 4.69) is 15.5 Å². The van der Waals surface area contributed by atoms with Gasteiger partial charge in [-0.2, -0.15) is 0 Å². The predicted molar refractivity (Wildman–Crippen MR) is 93.6 cm³/mol. The molecule has 1 aromatic rings. The van der Waals surface area contributed by atoms with E-state index in [1.165, 1.54) is 12.1 Å². The van der Waals surface area contributed by atoms with E-state index >= 15 is 0 Å². The van der Waals surface area contributed by atoms with Gasteiger partial charge in [0.1, 0.15) is 5.82 Å². The lowest BCUT2D eigenvalue weighted by Gasteiger charge is -2.19. The topological polar surface area (TPSA) is 64.6 Å². The van der Waals surface area contributed by atoms with Gasteiger partial charge < -0.3 is 20.6 Å². The molecule has 0 saturated carbocycles. The van der Waals surface area contributed by atoms with Crippen LogP contribution in [0.2, 0.25) is 0 Å². The van der Waals surface area contributed by atoms with Crippen LogP contribution < -0.4 is 15.5 Å². The molecule has 2 rings (SSSR count). The Hall–Kier alpha value is -1.82. The molecular formula is C18H28FN3O2. The van der Waals surface area contributed by atoms with Crippen LogP contribution in [0.5, 0.6) is 0 Å². The van der Waals surface area contributed by atoms with Gasteiger partial charge in [-0.1, -0.05) is 13.8 Å². The number of rotatable bonds is 7. The van der Waals surface area contributed by atoms with E-state index in [0.717, 1.165) is 25.2 Å². The minimum Gasteiger partial charge on any atom is -0.393 e. The Morgan fingerprint density at radius 3 is 2.71 bits per heavy atom. The van der Waals surface area contributed by atoms with Gasteiger partial charge in [0, 0.05) is 31.9 Å². The van der Waals surface area contributed by atoms with Crippen molar-refractivity contribution in [2.45, 2.75) is 32.8 Å². The number of carbonyl (C=O) groups is 1. The van der Waals surface area contributed by atoms with Gasteiger partial charge in [-0.25, -0.2) is 9.18 Å². The van der Waals surface area contributed by atoms with Crippen LogP contribution in [0.25, 0.3) is 0 Å². The normalized spacial score (nSPS) is 18.7. The van der Waals surface area contributed by atoms with Gasteiger partial charge >= 0.3 is 6.03 Å². The molecule has 3 N–H and O–H groups in total. The number of nitrogens with one attached hydrogen (secondary N) is 2. The van der Waals surface area contributed by atoms with Gasteiger partial charge in [0.15, 0.2) is 0 Å². The molecule has 2 unspecified atom stereocenters. The number of nitrogens with zero attached hydrogens (tertiary/aromatic N) is 1. The Kier molecular flexibility index (Phi) is 6.85. The van der Waals surface area contributed by atoms with Crippen molar-refractivity contribution in [3.63, 3.8) is 0 Å². The van der Waals surface area contributed by atoms with Crippen molar-refractivity contribution < 1.29 is 14.3 Å². The number of halogens is 1. The summed E-state index contributed by atoms with van der Waals surface area (Å²) in [4.78, 5) is 14.0. The summed E-state index contributed by atoms with van der Waals surface area (Å²) in [5, 5.41) is 15.4. The van der Waals surface area contributed by atoms with Crippen molar-refractivity contribution in [1.29, 1.82) is 0 Å². The third kappa shape index (κ3) is 5.67. The quantitative estimate of drug-likeness (QED) is 0.716. The van der Waals surface area contributed by atoms with E-state index in [-0.39, 0.29) is 23.9 Å². The van der Waals surface area contributed by atoms with Gasteiger partial charge in [0.2, 0.25) is 0 Å². The summed E-state index contributed by atoms with van der Waals surface area (Å²) in [6, 6.07) is 6.33. The molecule has 0 aromatic heterocycles. The molecule has 0 radical (unpaired) electrons. The second kappa shape index (κ2) is 8.87. The van der Waals surface area contributed by atoms with E-state index < -0.39 is 0 Å². The van der Waals surface area contributed by atoms with Crippen LogP contribution in [0.3, 0.4) is 0 Å². The molecule has 1 aromatic carbocycles. The maximum absolute atomic E-state index is 13.0. The van der Waals surface area contributed by atoms with Gasteiger partial charge in [-0.3, -0.25) is 0 Å². The van der Waals surface area contributed by atoms with Crippen molar-refractivity contribution >= 4 is 11.7 Å². The van der Waals surface area contributed by atoms with Crippen LogP contribution in [0.15, 0.2) is 24.3 Å². The smallest absolute Gasteiger partial charge is 0.314 e. The molecule has 0 aliphatic carbocycles. The lowest BCUT2D eigenvalue weighted by Crippen LogP contribution is -2.40. The molecule has 0 spiro atoms. The Labute approximate surface area is 143 Å². The third-order valence-corrected chi connectivity index (χ3v) is 4.52. The average molecular weight is 337 g/mol. The van der Waals surface area contributed by atoms with Crippen LogP contribution in [-0.2, 0) is 0 Å². The number of urea groups is 1. The molecule has 24 heavy (non-hydrogen) atoms. The Morgan fingerprint density at radius 1 is 1.33 bits per heavy atom. The first-order chi connectivity index (χ1) is 11.5. The number of carbonyl (C=O) groups excluding carboxylic acids is 1. The zero-order chi connectivity index (χ0) is 17.5. The van der Waals surface area contributed by atoms with Crippen molar-refractivity contribution in [1.82, 2.24) is 10.6 Å². The summed E-state index contributed by atoms with van der Waals surface area (Å²) in [6.07, 6.45) is 1.18. The number of anilines is 1. The second-order valence-corrected chi connectivity index (χ2v) is 6.81. The number of hydrogen-bond acceptors (Lipinski definition) is 3. The lowest BCUT2D eigenvalue weighted by atomic mass is 10.0. The summed E-state index contributed by atoms with van der Waals surface area (Å²) in [7, 11) is 0. The molecule has 1 heterocycles. The molecule has 134 valence electrons. The highest BCUT2D eigenvalue weighted by Gasteiger charge is 2.23. The molecule has 5 nitrogen and oxygen atoms in total. The lowest BCUT2D eigenvalue weighted by molar-refractivity contribution is 0.116. The highest BCUT2D eigenvalue weighted by molar-refractivity contribution is 5.73. The van der Waals surface area contributed by atoms with E-state index in [1.807, 2.05) is 13.8 Å². The maximum Gasteiger partial charge on any atom is 0.314 e. The van der Waals surface area contributed by atoms with Crippen LogP contribution in [0.4, 0.5) is 14.9 Å². The first-order valence-electron chi connectivity index (χ1n) is 8.66. The van der Waals surface area contributed by atoms with Crippen molar-refractivity contribution in [2.24, 2.45) is 11.8 Å². The number of benzene rings is 1. The molecule has 0 bridgehead atoms. The fourth-order valence-corrected chi connectivity index (χ4v) is 2.85. The maximum atomic E-state index is 13.0. The first-order valence-corrected chi connectivity index (χ1v) is 8.66. The van der Waals surface area contributed by atoms with Crippen LogP contribution in [0.1, 0.15) is 26.7 Å². The van der Waals surface area contributed by atoms with E-state index in [1.54, 1.807) is 12.1 Å². The van der Waals surface area contributed by atoms with Crippen molar-refractivity contribution in [3.8, 4) is 0 Å². The van der Waals surface area contributed by atoms with Crippen molar-refractivity contribution in [3.05, 3.63) is 30.1 Å². The number of hydrogen-bond donors (Lipinski definition) is 3. The number of amides is 2. The Bertz CT molecular complexity index is 522. The van der Waals surface area contributed by atoms with E-state index in [0.29, 0.717) is 25.4 Å². The fraction of sp³-hybridized carbons (Fsp3) is 0.611. The standard InChI is InChI=1S/C18H28FN3O2/c1-13(2)17(23)7-9-20-18(24)21-11-14-8-10-22(12-14)16-5-3-15(19)4-6-16/h3-6,13-14,17,23H,7-12H2,1-2H3,(H2,20,21,24). The Balaban J connectivity index is 1.64.